The molecule has 2 heteroatoms. The summed E-state index contributed by atoms with van der Waals surface area (Å²) < 4.78 is 0. The van der Waals surface area contributed by atoms with E-state index in [1.54, 1.807) is 0 Å². The third kappa shape index (κ3) is 2.12. The molecule has 0 aromatic heterocycles. The van der Waals surface area contributed by atoms with Crippen molar-refractivity contribution in [2.75, 3.05) is 13.1 Å². The average Bonchev–Trinajstić information content (AvgIpc) is 2.61. The van der Waals surface area contributed by atoms with Gasteiger partial charge in [-0.05, 0) is 38.6 Å². The Morgan fingerprint density at radius 2 is 1.93 bits per heavy atom. The van der Waals surface area contributed by atoms with E-state index in [4.69, 9.17) is 5.73 Å². The van der Waals surface area contributed by atoms with Crippen molar-refractivity contribution in [2.45, 2.75) is 57.5 Å². The fraction of sp³-hybridized carbons (Fsp3) is 1.00. The van der Waals surface area contributed by atoms with E-state index >= 15 is 0 Å². The third-order valence-electron chi connectivity index (χ3n) is 4.09. The molecule has 1 aliphatic heterocycles. The van der Waals surface area contributed by atoms with Crippen LogP contribution in [0.15, 0.2) is 0 Å². The van der Waals surface area contributed by atoms with Crippen molar-refractivity contribution in [2.24, 2.45) is 11.7 Å². The minimum absolute atomic E-state index is 0.770. The van der Waals surface area contributed by atoms with Gasteiger partial charge in [-0.3, -0.25) is 4.90 Å². The van der Waals surface area contributed by atoms with E-state index in [-0.39, 0.29) is 0 Å². The van der Waals surface area contributed by atoms with Crippen molar-refractivity contribution in [3.8, 4) is 0 Å². The summed E-state index contributed by atoms with van der Waals surface area (Å²) in [5.74, 6) is 0.770. The van der Waals surface area contributed by atoms with E-state index in [1.165, 1.54) is 45.1 Å². The molecule has 2 rings (SSSR count). The zero-order chi connectivity index (χ0) is 9.97. The third-order valence-corrected chi connectivity index (χ3v) is 4.09. The van der Waals surface area contributed by atoms with Crippen LogP contribution in [0.25, 0.3) is 0 Å². The maximum Gasteiger partial charge on any atom is 0.00982 e. The Kier molecular flexibility index (Phi) is 3.45. The molecule has 1 saturated carbocycles. The minimum Gasteiger partial charge on any atom is -0.330 e. The van der Waals surface area contributed by atoms with Crippen LogP contribution in [-0.2, 0) is 0 Å². The lowest BCUT2D eigenvalue weighted by molar-refractivity contribution is 0.147. The van der Waals surface area contributed by atoms with Crippen molar-refractivity contribution < 1.29 is 0 Å². The van der Waals surface area contributed by atoms with Crippen molar-refractivity contribution >= 4 is 0 Å². The van der Waals surface area contributed by atoms with E-state index in [1.807, 2.05) is 0 Å². The van der Waals surface area contributed by atoms with Gasteiger partial charge in [-0.25, -0.2) is 0 Å². The van der Waals surface area contributed by atoms with Gasteiger partial charge in [0.15, 0.2) is 0 Å². The van der Waals surface area contributed by atoms with E-state index in [9.17, 15) is 0 Å². The molecule has 0 bridgehead atoms. The van der Waals surface area contributed by atoms with Crippen LogP contribution in [-0.4, -0.2) is 30.1 Å². The molecule has 0 aromatic carbocycles. The van der Waals surface area contributed by atoms with Crippen molar-refractivity contribution in [1.29, 1.82) is 0 Å². The molecule has 1 aliphatic carbocycles. The van der Waals surface area contributed by atoms with Gasteiger partial charge >= 0.3 is 0 Å². The summed E-state index contributed by atoms with van der Waals surface area (Å²) in [4.78, 5) is 2.73. The van der Waals surface area contributed by atoms with Gasteiger partial charge in [0.05, 0.1) is 0 Å². The van der Waals surface area contributed by atoms with Crippen LogP contribution in [0.2, 0.25) is 0 Å². The SMILES string of the molecule is CC1CC(CN)CN1C1CCCCC1. The maximum atomic E-state index is 5.76. The van der Waals surface area contributed by atoms with Gasteiger partial charge < -0.3 is 5.73 Å². The van der Waals surface area contributed by atoms with Crippen LogP contribution >= 0.6 is 0 Å². The molecule has 2 nitrogen and oxygen atoms in total. The zero-order valence-corrected chi connectivity index (χ0v) is 9.41. The topological polar surface area (TPSA) is 29.3 Å². The quantitative estimate of drug-likeness (QED) is 0.732. The molecule has 2 aliphatic rings. The second-order valence-electron chi connectivity index (χ2n) is 5.18. The fourth-order valence-corrected chi connectivity index (χ4v) is 3.26. The first-order chi connectivity index (χ1) is 6.81. The molecule has 1 saturated heterocycles. The summed E-state index contributed by atoms with van der Waals surface area (Å²) in [6, 6.07) is 1.67. The van der Waals surface area contributed by atoms with Gasteiger partial charge in [-0.15, -0.1) is 0 Å². The molecule has 2 fully saturated rings. The summed E-state index contributed by atoms with van der Waals surface area (Å²) in [6.07, 6.45) is 8.54. The lowest BCUT2D eigenvalue weighted by Gasteiger charge is -2.34. The lowest BCUT2D eigenvalue weighted by atomic mass is 9.94. The number of nitrogens with zero attached hydrogens (tertiary/aromatic N) is 1. The van der Waals surface area contributed by atoms with Gasteiger partial charge in [0.25, 0.3) is 0 Å². The highest BCUT2D eigenvalue weighted by Crippen LogP contribution is 2.30. The van der Waals surface area contributed by atoms with Crippen LogP contribution < -0.4 is 5.73 Å². The van der Waals surface area contributed by atoms with Crippen molar-refractivity contribution in [3.05, 3.63) is 0 Å². The van der Waals surface area contributed by atoms with Crippen molar-refractivity contribution in [1.82, 2.24) is 4.90 Å². The second-order valence-corrected chi connectivity index (χ2v) is 5.18. The number of hydrogen-bond acceptors (Lipinski definition) is 2. The van der Waals surface area contributed by atoms with E-state index in [0.29, 0.717) is 0 Å². The van der Waals surface area contributed by atoms with E-state index in [2.05, 4.69) is 11.8 Å². The Bertz CT molecular complexity index is 175. The molecule has 2 N–H and O–H groups in total. The second kappa shape index (κ2) is 4.63. The Morgan fingerprint density at radius 3 is 2.50 bits per heavy atom. The lowest BCUT2D eigenvalue weighted by Crippen LogP contribution is -2.39. The molecule has 0 aromatic rings. The van der Waals surface area contributed by atoms with Gasteiger partial charge in [0.2, 0.25) is 0 Å². The summed E-state index contributed by atoms with van der Waals surface area (Å²) in [7, 11) is 0. The van der Waals surface area contributed by atoms with E-state index < -0.39 is 0 Å². The van der Waals surface area contributed by atoms with Gasteiger partial charge in [-0.2, -0.15) is 0 Å². The molecule has 0 radical (unpaired) electrons. The van der Waals surface area contributed by atoms with Crippen LogP contribution in [0.4, 0.5) is 0 Å². The Labute approximate surface area is 87.8 Å². The van der Waals surface area contributed by atoms with Crippen LogP contribution in [0.1, 0.15) is 45.4 Å². The monoisotopic (exact) mass is 196 g/mol. The standard InChI is InChI=1S/C12H24N2/c1-10-7-11(8-13)9-14(10)12-5-3-2-4-6-12/h10-12H,2-9,13H2,1H3. The number of rotatable bonds is 2. The molecular formula is C12H24N2. The summed E-state index contributed by atoms with van der Waals surface area (Å²) in [5.41, 5.74) is 5.76. The molecule has 14 heavy (non-hydrogen) atoms. The fourth-order valence-electron chi connectivity index (χ4n) is 3.26. The Hall–Kier alpha value is -0.0800. The van der Waals surface area contributed by atoms with Gasteiger partial charge in [-0.1, -0.05) is 19.3 Å². The number of hydrogen-bond donors (Lipinski definition) is 1. The van der Waals surface area contributed by atoms with Gasteiger partial charge in [0, 0.05) is 18.6 Å². The molecule has 0 spiro atoms. The molecule has 82 valence electrons. The molecular weight excluding hydrogens is 172 g/mol. The number of nitrogens with two attached hydrogens (primary N) is 1. The molecule has 2 unspecified atom stereocenters. The first kappa shape index (κ1) is 10.4. The first-order valence-corrected chi connectivity index (χ1v) is 6.27. The van der Waals surface area contributed by atoms with Crippen LogP contribution in [0, 0.1) is 5.92 Å². The normalized spacial score (nSPS) is 36.4. The van der Waals surface area contributed by atoms with Crippen molar-refractivity contribution in [3.63, 3.8) is 0 Å². The Balaban J connectivity index is 1.90. The Morgan fingerprint density at radius 1 is 1.21 bits per heavy atom. The highest BCUT2D eigenvalue weighted by Gasteiger charge is 2.33. The van der Waals surface area contributed by atoms with Crippen LogP contribution in [0.5, 0.6) is 0 Å². The summed E-state index contributed by atoms with van der Waals surface area (Å²) >= 11 is 0. The first-order valence-electron chi connectivity index (χ1n) is 6.27. The average molecular weight is 196 g/mol. The largest absolute Gasteiger partial charge is 0.330 e. The van der Waals surface area contributed by atoms with Crippen LogP contribution in [0.3, 0.4) is 0 Å². The number of likely N-dealkylation sites (tertiary alicyclic amines) is 1. The maximum absolute atomic E-state index is 5.76. The molecule has 2 atom stereocenters. The predicted molar refractivity (Wildman–Crippen MR) is 60.2 cm³/mol. The molecule has 0 amide bonds. The summed E-state index contributed by atoms with van der Waals surface area (Å²) in [6.45, 7) is 4.53. The van der Waals surface area contributed by atoms with Gasteiger partial charge in [0.1, 0.15) is 0 Å². The predicted octanol–water partition coefficient (Wildman–Crippen LogP) is 1.99. The highest BCUT2D eigenvalue weighted by molar-refractivity contribution is 4.88. The van der Waals surface area contributed by atoms with E-state index in [0.717, 1.165) is 24.5 Å². The molecule has 1 heterocycles. The minimum atomic E-state index is 0.770. The summed E-state index contributed by atoms with van der Waals surface area (Å²) in [5, 5.41) is 0. The zero-order valence-electron chi connectivity index (χ0n) is 9.41. The smallest absolute Gasteiger partial charge is 0.00982 e. The highest BCUT2D eigenvalue weighted by atomic mass is 15.2.